The Morgan fingerprint density at radius 2 is 1.77 bits per heavy atom. The lowest BCUT2D eigenvalue weighted by atomic mass is 9.95. The second-order valence-electron chi connectivity index (χ2n) is 10.6. The van der Waals surface area contributed by atoms with Crippen molar-refractivity contribution >= 4 is 51.9 Å². The van der Waals surface area contributed by atoms with E-state index < -0.39 is 6.04 Å². The zero-order chi connectivity index (χ0) is 27.4. The highest BCUT2D eigenvalue weighted by Gasteiger charge is 2.41. The van der Waals surface area contributed by atoms with E-state index in [1.807, 2.05) is 48.5 Å². The Balaban J connectivity index is 1.23. The summed E-state index contributed by atoms with van der Waals surface area (Å²) >= 11 is 1.21. The maximum absolute atomic E-state index is 13.5. The third kappa shape index (κ3) is 6.41. The lowest BCUT2D eigenvalue weighted by Crippen LogP contribution is -2.42. The van der Waals surface area contributed by atoms with E-state index in [9.17, 15) is 14.4 Å². The predicted molar refractivity (Wildman–Crippen MR) is 157 cm³/mol. The summed E-state index contributed by atoms with van der Waals surface area (Å²) < 4.78 is 0. The molecule has 1 atom stereocenters. The minimum Gasteiger partial charge on any atom is -0.353 e. The fourth-order valence-electron chi connectivity index (χ4n) is 5.18. The number of amides is 3. The lowest BCUT2D eigenvalue weighted by molar-refractivity contribution is -0.125. The number of thioether (sulfide) groups is 1. The molecule has 9 heteroatoms. The molecule has 0 radical (unpaired) electrons. The highest BCUT2D eigenvalue weighted by molar-refractivity contribution is 8.14. The van der Waals surface area contributed by atoms with Crippen LogP contribution in [0.15, 0.2) is 58.5 Å². The van der Waals surface area contributed by atoms with Crippen LogP contribution in [0, 0.1) is 0 Å². The maximum atomic E-state index is 13.5. The van der Waals surface area contributed by atoms with Gasteiger partial charge in [0.25, 0.3) is 5.91 Å². The van der Waals surface area contributed by atoms with Crippen LogP contribution in [0.3, 0.4) is 0 Å². The first-order valence-electron chi connectivity index (χ1n) is 13.8. The smallest absolute Gasteiger partial charge is 0.259 e. The Morgan fingerprint density at radius 1 is 1.03 bits per heavy atom. The number of rotatable bonds is 8. The van der Waals surface area contributed by atoms with Gasteiger partial charge in [-0.2, -0.15) is 0 Å². The van der Waals surface area contributed by atoms with Crippen molar-refractivity contribution in [2.24, 2.45) is 9.98 Å². The van der Waals surface area contributed by atoms with Gasteiger partial charge in [-0.05, 0) is 55.0 Å². The topological polar surface area (TPSA) is 103 Å². The molecule has 204 valence electrons. The average molecular weight is 546 g/mol. The number of carbonyl (C=O) groups is 3. The van der Waals surface area contributed by atoms with E-state index in [4.69, 9.17) is 9.98 Å². The number of para-hydroxylation sites is 1. The van der Waals surface area contributed by atoms with Gasteiger partial charge in [-0.25, -0.2) is 9.89 Å². The van der Waals surface area contributed by atoms with Crippen LogP contribution >= 0.6 is 11.8 Å². The van der Waals surface area contributed by atoms with Crippen molar-refractivity contribution in [3.63, 3.8) is 0 Å². The van der Waals surface area contributed by atoms with E-state index >= 15 is 0 Å². The van der Waals surface area contributed by atoms with Crippen LogP contribution in [0.25, 0.3) is 0 Å². The Morgan fingerprint density at radius 3 is 2.51 bits per heavy atom. The number of benzene rings is 2. The minimum absolute atomic E-state index is 0.0264. The predicted octanol–water partition coefficient (Wildman–Crippen LogP) is 5.37. The minimum atomic E-state index is -0.651. The van der Waals surface area contributed by atoms with Gasteiger partial charge in [0.2, 0.25) is 11.8 Å². The number of carbonyl (C=O) groups excluding carboxylic acids is 3. The third-order valence-electron chi connectivity index (χ3n) is 7.36. The second kappa shape index (κ2) is 12.2. The van der Waals surface area contributed by atoms with Gasteiger partial charge < -0.3 is 10.6 Å². The fourth-order valence-corrected chi connectivity index (χ4v) is 5.98. The molecule has 0 unspecified atom stereocenters. The van der Waals surface area contributed by atoms with Crippen molar-refractivity contribution in [3.05, 3.63) is 59.7 Å². The quantitative estimate of drug-likeness (QED) is 0.465. The SMILES string of the molecule is CC(C)c1ccc(NC(=O)CSC2=Nc3ccccc3C3=N[C@H](CCC(=O)NC4CCCCC4)C(=O)N23)cc1. The number of hydrogen-bond acceptors (Lipinski definition) is 6. The molecule has 1 fully saturated rings. The van der Waals surface area contributed by atoms with Crippen molar-refractivity contribution in [2.45, 2.75) is 76.8 Å². The molecule has 0 aromatic heterocycles. The lowest BCUT2D eigenvalue weighted by Gasteiger charge is -2.25. The van der Waals surface area contributed by atoms with Crippen molar-refractivity contribution < 1.29 is 14.4 Å². The first-order valence-corrected chi connectivity index (χ1v) is 14.8. The van der Waals surface area contributed by atoms with Crippen LogP contribution in [0.5, 0.6) is 0 Å². The van der Waals surface area contributed by atoms with Crippen LogP contribution in [0.4, 0.5) is 11.4 Å². The van der Waals surface area contributed by atoms with Gasteiger partial charge in [-0.15, -0.1) is 0 Å². The number of anilines is 1. The van der Waals surface area contributed by atoms with E-state index in [-0.39, 0.29) is 35.9 Å². The van der Waals surface area contributed by atoms with E-state index in [2.05, 4.69) is 24.5 Å². The van der Waals surface area contributed by atoms with Crippen LogP contribution in [0.1, 0.15) is 75.8 Å². The molecule has 3 amide bonds. The number of amidine groups is 2. The molecule has 0 bridgehead atoms. The zero-order valence-corrected chi connectivity index (χ0v) is 23.3. The second-order valence-corrected chi connectivity index (χ2v) is 11.6. The van der Waals surface area contributed by atoms with Gasteiger partial charge in [0, 0.05) is 23.7 Å². The average Bonchev–Trinajstić information content (AvgIpc) is 3.28. The molecule has 2 aliphatic heterocycles. The highest BCUT2D eigenvalue weighted by Crippen LogP contribution is 2.34. The normalized spacial score (nSPS) is 18.8. The van der Waals surface area contributed by atoms with Crippen molar-refractivity contribution in [2.75, 3.05) is 11.1 Å². The largest absolute Gasteiger partial charge is 0.353 e. The molecule has 39 heavy (non-hydrogen) atoms. The van der Waals surface area contributed by atoms with E-state index in [0.29, 0.717) is 29.0 Å². The molecular formula is C30H35N5O3S. The van der Waals surface area contributed by atoms with Crippen molar-refractivity contribution in [1.29, 1.82) is 0 Å². The van der Waals surface area contributed by atoms with Gasteiger partial charge in [-0.3, -0.25) is 19.4 Å². The highest BCUT2D eigenvalue weighted by atomic mass is 32.2. The third-order valence-corrected chi connectivity index (χ3v) is 8.29. The number of nitrogens with zero attached hydrogens (tertiary/aromatic N) is 3. The monoisotopic (exact) mass is 545 g/mol. The van der Waals surface area contributed by atoms with Gasteiger partial charge in [0.05, 0.1) is 11.4 Å². The van der Waals surface area contributed by atoms with Crippen LogP contribution < -0.4 is 10.6 Å². The summed E-state index contributed by atoms with van der Waals surface area (Å²) in [5.41, 5.74) is 3.42. The molecule has 8 nitrogen and oxygen atoms in total. The maximum Gasteiger partial charge on any atom is 0.259 e. The molecule has 0 saturated heterocycles. The Kier molecular flexibility index (Phi) is 8.45. The molecule has 1 saturated carbocycles. The first-order chi connectivity index (χ1) is 18.9. The molecule has 2 aromatic rings. The molecule has 0 spiro atoms. The number of hydrogen-bond donors (Lipinski definition) is 2. The van der Waals surface area contributed by atoms with Crippen molar-refractivity contribution in [3.8, 4) is 0 Å². The summed E-state index contributed by atoms with van der Waals surface area (Å²) in [5, 5.41) is 6.47. The molecular weight excluding hydrogens is 510 g/mol. The summed E-state index contributed by atoms with van der Waals surface area (Å²) in [5.74, 6) is 0.637. The Labute approximate surface area is 233 Å². The fraction of sp³-hybridized carbons (Fsp3) is 0.433. The number of fused-ring (bicyclic) bond motifs is 3. The summed E-state index contributed by atoms with van der Waals surface area (Å²) in [7, 11) is 0. The van der Waals surface area contributed by atoms with Crippen molar-refractivity contribution in [1.82, 2.24) is 10.2 Å². The Bertz CT molecular complexity index is 1300. The Hall–Kier alpha value is -3.46. The molecule has 2 heterocycles. The summed E-state index contributed by atoms with van der Waals surface area (Å²) in [6, 6.07) is 15.0. The summed E-state index contributed by atoms with van der Waals surface area (Å²) in [6.45, 7) is 4.25. The standard InChI is InChI=1S/C30H35N5O3S/c1-19(2)20-12-14-22(15-13-20)32-27(37)18-39-30-34-24-11-7-6-10-23(24)28-33-25(29(38)35(28)30)16-17-26(36)31-21-8-4-3-5-9-21/h6-7,10-15,19,21,25H,3-5,8-9,16-18H2,1-2H3,(H,31,36)(H,32,37)/t25-/m1/s1. The summed E-state index contributed by atoms with van der Waals surface area (Å²) in [6.07, 6.45) is 6.16. The number of nitrogens with one attached hydrogen (secondary N) is 2. The molecule has 3 aliphatic rings. The summed E-state index contributed by atoms with van der Waals surface area (Å²) in [4.78, 5) is 49.7. The van der Waals surface area contributed by atoms with E-state index in [1.54, 1.807) is 0 Å². The van der Waals surface area contributed by atoms with Gasteiger partial charge in [0.1, 0.15) is 11.9 Å². The molecule has 5 rings (SSSR count). The van der Waals surface area contributed by atoms with Crippen LogP contribution in [-0.2, 0) is 14.4 Å². The van der Waals surface area contributed by atoms with E-state index in [1.165, 1.54) is 28.6 Å². The molecule has 2 aromatic carbocycles. The molecule has 1 aliphatic carbocycles. The van der Waals surface area contributed by atoms with Gasteiger partial charge >= 0.3 is 0 Å². The first kappa shape index (κ1) is 27.1. The van der Waals surface area contributed by atoms with Gasteiger partial charge in [-0.1, -0.05) is 69.1 Å². The number of aliphatic imine (C=N–C) groups is 2. The van der Waals surface area contributed by atoms with E-state index in [0.717, 1.165) is 36.9 Å². The zero-order valence-electron chi connectivity index (χ0n) is 22.5. The van der Waals surface area contributed by atoms with Crippen LogP contribution in [0.2, 0.25) is 0 Å². The molecule has 2 N–H and O–H groups in total. The van der Waals surface area contributed by atoms with Crippen LogP contribution in [-0.4, -0.2) is 51.5 Å². The van der Waals surface area contributed by atoms with Gasteiger partial charge in [0.15, 0.2) is 5.17 Å².